The minimum atomic E-state index is -0.555. The number of alkyl carbamates (subject to hydrolysis) is 1. The summed E-state index contributed by atoms with van der Waals surface area (Å²) in [6, 6.07) is 11.0. The van der Waals surface area contributed by atoms with Crippen molar-refractivity contribution in [3.05, 3.63) is 48.3 Å². The van der Waals surface area contributed by atoms with Crippen LogP contribution in [-0.2, 0) is 4.74 Å². The van der Waals surface area contributed by atoms with Crippen LogP contribution in [0.3, 0.4) is 0 Å². The molecular weight excluding hydrogens is 308 g/mol. The molecule has 2 aromatic rings. The number of rotatable bonds is 2. The summed E-state index contributed by atoms with van der Waals surface area (Å²) in [5, 5.41) is 2.73. The number of carbonyl (C=O) groups excluding carboxylic acids is 1. The molecule has 1 aliphatic rings. The van der Waals surface area contributed by atoms with E-state index in [-0.39, 0.29) is 6.54 Å². The van der Waals surface area contributed by atoms with Crippen LogP contribution < -0.4 is 14.8 Å². The van der Waals surface area contributed by atoms with Gasteiger partial charge in [-0.2, -0.15) is 0 Å². The number of carbonyl (C=O) groups is 1. The number of aromatic nitrogens is 1. The van der Waals surface area contributed by atoms with Gasteiger partial charge in [-0.15, -0.1) is 0 Å². The first kappa shape index (κ1) is 16.1. The minimum Gasteiger partial charge on any atom is -0.478 e. The summed E-state index contributed by atoms with van der Waals surface area (Å²) in [6.07, 6.45) is 0.696. The fourth-order valence-corrected chi connectivity index (χ4v) is 2.32. The number of fused-ring (bicyclic) bond motifs is 2. The molecule has 1 atom stereocenters. The lowest BCUT2D eigenvalue weighted by Gasteiger charge is -2.22. The van der Waals surface area contributed by atoms with Crippen molar-refractivity contribution in [3.8, 4) is 17.2 Å². The summed E-state index contributed by atoms with van der Waals surface area (Å²) >= 11 is 0. The lowest BCUT2D eigenvalue weighted by atomic mass is 10.2. The topological polar surface area (TPSA) is 69.7 Å². The van der Waals surface area contributed by atoms with Gasteiger partial charge in [0.2, 0.25) is 0 Å². The third kappa shape index (κ3) is 3.76. The highest BCUT2D eigenvalue weighted by Gasteiger charge is 2.27. The molecule has 1 aromatic carbocycles. The van der Waals surface area contributed by atoms with Crippen molar-refractivity contribution in [2.75, 3.05) is 6.54 Å². The molecule has 3 rings (SSSR count). The van der Waals surface area contributed by atoms with E-state index in [4.69, 9.17) is 14.2 Å². The summed E-state index contributed by atoms with van der Waals surface area (Å²) in [5.74, 6) is 1.83. The lowest BCUT2D eigenvalue weighted by Crippen LogP contribution is -2.36. The van der Waals surface area contributed by atoms with Gasteiger partial charge in [-0.3, -0.25) is 4.98 Å². The van der Waals surface area contributed by atoms with Gasteiger partial charge in [0.1, 0.15) is 11.3 Å². The van der Waals surface area contributed by atoms with Gasteiger partial charge in [0, 0.05) is 6.20 Å². The lowest BCUT2D eigenvalue weighted by molar-refractivity contribution is 0.0500. The molecule has 0 saturated heterocycles. The molecule has 0 spiro atoms. The van der Waals surface area contributed by atoms with E-state index >= 15 is 0 Å². The average Bonchev–Trinajstić information content (AvgIpc) is 2.67. The summed E-state index contributed by atoms with van der Waals surface area (Å²) in [4.78, 5) is 16.3. The number of benzene rings is 1. The van der Waals surface area contributed by atoms with E-state index in [0.29, 0.717) is 22.9 Å². The van der Waals surface area contributed by atoms with Crippen LogP contribution in [-0.4, -0.2) is 23.2 Å². The quantitative estimate of drug-likeness (QED) is 0.907. The van der Waals surface area contributed by atoms with Gasteiger partial charge in [0.15, 0.2) is 23.4 Å². The Morgan fingerprint density at radius 1 is 1.17 bits per heavy atom. The molecule has 0 radical (unpaired) electrons. The molecule has 6 nitrogen and oxygen atoms in total. The van der Waals surface area contributed by atoms with Crippen LogP contribution in [0.5, 0.6) is 17.2 Å². The number of nitrogens with one attached hydrogen (secondary N) is 1. The monoisotopic (exact) mass is 328 g/mol. The molecule has 6 heteroatoms. The van der Waals surface area contributed by atoms with Gasteiger partial charge in [-0.1, -0.05) is 12.1 Å². The van der Waals surface area contributed by atoms with Crippen LogP contribution in [0.4, 0.5) is 4.79 Å². The SMILES string of the molecule is CC(C)(C)OC(=O)NCC1Oc2ccccc2Oc2cccnc21. The largest absolute Gasteiger partial charge is 0.478 e. The molecule has 1 N–H and O–H groups in total. The van der Waals surface area contributed by atoms with Crippen molar-refractivity contribution in [1.29, 1.82) is 0 Å². The fourth-order valence-electron chi connectivity index (χ4n) is 2.32. The molecule has 126 valence electrons. The van der Waals surface area contributed by atoms with E-state index in [1.54, 1.807) is 12.3 Å². The van der Waals surface area contributed by atoms with Crippen molar-refractivity contribution >= 4 is 6.09 Å². The van der Waals surface area contributed by atoms with E-state index in [1.807, 2.05) is 51.1 Å². The van der Waals surface area contributed by atoms with Crippen LogP contribution in [0.1, 0.15) is 32.6 Å². The Balaban J connectivity index is 1.80. The molecule has 1 unspecified atom stereocenters. The second kappa shape index (κ2) is 6.39. The van der Waals surface area contributed by atoms with Gasteiger partial charge < -0.3 is 19.5 Å². The van der Waals surface area contributed by atoms with Gasteiger partial charge in [0.05, 0.1) is 6.54 Å². The molecule has 1 amide bonds. The van der Waals surface area contributed by atoms with Gasteiger partial charge in [-0.05, 0) is 45.0 Å². The zero-order valence-electron chi connectivity index (χ0n) is 13.9. The highest BCUT2D eigenvalue weighted by Crippen LogP contribution is 2.40. The number of para-hydroxylation sites is 2. The number of hydrogen-bond acceptors (Lipinski definition) is 5. The van der Waals surface area contributed by atoms with E-state index < -0.39 is 17.8 Å². The molecule has 2 heterocycles. The fraction of sp³-hybridized carbons (Fsp3) is 0.333. The molecule has 0 aliphatic carbocycles. The maximum absolute atomic E-state index is 11.9. The van der Waals surface area contributed by atoms with E-state index in [2.05, 4.69) is 10.3 Å². The summed E-state index contributed by atoms with van der Waals surface area (Å²) in [6.45, 7) is 5.66. The molecule has 1 aromatic heterocycles. The highest BCUT2D eigenvalue weighted by atomic mass is 16.6. The number of ether oxygens (including phenoxy) is 3. The van der Waals surface area contributed by atoms with Crippen molar-refractivity contribution < 1.29 is 19.0 Å². The summed E-state index contributed by atoms with van der Waals surface area (Å²) in [7, 11) is 0. The predicted molar refractivity (Wildman–Crippen MR) is 88.4 cm³/mol. The maximum atomic E-state index is 11.9. The van der Waals surface area contributed by atoms with Gasteiger partial charge >= 0.3 is 6.09 Å². The molecule has 24 heavy (non-hydrogen) atoms. The van der Waals surface area contributed by atoms with Crippen molar-refractivity contribution in [2.24, 2.45) is 0 Å². The first-order chi connectivity index (χ1) is 11.4. The van der Waals surface area contributed by atoms with Crippen LogP contribution in [0.2, 0.25) is 0 Å². The van der Waals surface area contributed by atoms with Crippen LogP contribution >= 0.6 is 0 Å². The highest BCUT2D eigenvalue weighted by molar-refractivity contribution is 5.67. The average molecular weight is 328 g/mol. The van der Waals surface area contributed by atoms with Gasteiger partial charge in [-0.25, -0.2) is 4.79 Å². The molecule has 0 bridgehead atoms. The standard InChI is InChI=1S/C18H20N2O4/c1-18(2,3)24-17(21)20-11-15-16-14(9-6-10-19-16)22-12-7-4-5-8-13(12)23-15/h4-10,15H,11H2,1-3H3,(H,20,21). The third-order valence-electron chi connectivity index (χ3n) is 3.27. The Morgan fingerprint density at radius 2 is 1.88 bits per heavy atom. The predicted octanol–water partition coefficient (Wildman–Crippen LogP) is 3.83. The zero-order chi connectivity index (χ0) is 17.2. The van der Waals surface area contributed by atoms with Gasteiger partial charge in [0.25, 0.3) is 0 Å². The Morgan fingerprint density at radius 3 is 2.62 bits per heavy atom. The Kier molecular flexibility index (Phi) is 4.29. The molecule has 0 fully saturated rings. The summed E-state index contributed by atoms with van der Waals surface area (Å²) < 4.78 is 17.2. The Labute approximate surface area is 140 Å². The summed E-state index contributed by atoms with van der Waals surface area (Å²) in [5.41, 5.74) is 0.0741. The van der Waals surface area contributed by atoms with E-state index in [9.17, 15) is 4.79 Å². The smallest absolute Gasteiger partial charge is 0.407 e. The number of nitrogens with zero attached hydrogens (tertiary/aromatic N) is 1. The zero-order valence-corrected chi connectivity index (χ0v) is 13.9. The van der Waals surface area contributed by atoms with Crippen molar-refractivity contribution in [2.45, 2.75) is 32.5 Å². The Bertz CT molecular complexity index is 740. The third-order valence-corrected chi connectivity index (χ3v) is 3.27. The van der Waals surface area contributed by atoms with Crippen molar-refractivity contribution in [3.63, 3.8) is 0 Å². The first-order valence-electron chi connectivity index (χ1n) is 7.78. The second-order valence-electron chi connectivity index (χ2n) is 6.42. The molecule has 1 aliphatic heterocycles. The first-order valence-corrected chi connectivity index (χ1v) is 7.78. The van der Waals surface area contributed by atoms with Crippen molar-refractivity contribution in [1.82, 2.24) is 10.3 Å². The molecular formula is C18H20N2O4. The maximum Gasteiger partial charge on any atom is 0.407 e. The van der Waals surface area contributed by atoms with Crippen LogP contribution in [0.15, 0.2) is 42.6 Å². The van der Waals surface area contributed by atoms with E-state index in [1.165, 1.54) is 0 Å². The molecule has 0 saturated carbocycles. The van der Waals surface area contributed by atoms with E-state index in [0.717, 1.165) is 0 Å². The minimum absolute atomic E-state index is 0.219. The number of amides is 1. The normalized spacial score (nSPS) is 15.9. The van der Waals surface area contributed by atoms with Crippen LogP contribution in [0, 0.1) is 0 Å². The second-order valence-corrected chi connectivity index (χ2v) is 6.42. The Hall–Kier alpha value is -2.76. The number of hydrogen-bond donors (Lipinski definition) is 1. The van der Waals surface area contributed by atoms with Crippen LogP contribution in [0.25, 0.3) is 0 Å². The number of pyridine rings is 1.